The number of benzene rings is 1. The zero-order valence-corrected chi connectivity index (χ0v) is 23.5. The number of rotatable bonds is 7. The monoisotopic (exact) mass is 612 g/mol. The van der Waals surface area contributed by atoms with E-state index in [1.165, 1.54) is 23.5 Å². The molecule has 0 aliphatic carbocycles. The van der Waals surface area contributed by atoms with Gasteiger partial charge in [-0.25, -0.2) is 15.0 Å². The van der Waals surface area contributed by atoms with Crippen molar-refractivity contribution in [3.05, 3.63) is 92.6 Å². The molecule has 0 fully saturated rings. The van der Waals surface area contributed by atoms with Crippen LogP contribution < -0.4 is 11.5 Å². The van der Waals surface area contributed by atoms with Gasteiger partial charge in [-0.15, -0.1) is 73.4 Å². The molecule has 1 aromatic carbocycles. The van der Waals surface area contributed by atoms with Crippen LogP contribution in [0.1, 0.15) is 22.5 Å². The number of nitrogens with two attached hydrogens (primary N) is 2. The maximum atomic E-state index is 10.9. The molecule has 0 bridgehead atoms. The number of halogens is 5. The number of nitro benzene ring substituents is 1. The Hall–Kier alpha value is -2.08. The van der Waals surface area contributed by atoms with E-state index in [1.54, 1.807) is 12.1 Å². The maximum absolute atomic E-state index is 10.9. The number of nitro groups is 1. The Morgan fingerprint density at radius 1 is 0.750 bits per heavy atom. The number of nitrogens with zero attached hydrogens (tertiary/aromatic N) is 4. The Morgan fingerprint density at radius 3 is 2.00 bits per heavy atom. The molecule has 0 saturated heterocycles. The Balaban J connectivity index is 0. The van der Waals surface area contributed by atoms with Gasteiger partial charge in [-0.3, -0.25) is 10.1 Å². The first kappa shape index (κ1) is 36.1. The molecule has 0 aliphatic rings. The van der Waals surface area contributed by atoms with E-state index in [-0.39, 0.29) is 67.7 Å². The lowest BCUT2D eigenvalue weighted by Crippen LogP contribution is -2.03. The lowest BCUT2D eigenvalue weighted by atomic mass is 10.0. The fourth-order valence-electron chi connectivity index (χ4n) is 3.18. The van der Waals surface area contributed by atoms with Gasteiger partial charge < -0.3 is 11.5 Å². The van der Waals surface area contributed by atoms with Gasteiger partial charge >= 0.3 is 0 Å². The van der Waals surface area contributed by atoms with Crippen molar-refractivity contribution in [3.63, 3.8) is 0 Å². The summed E-state index contributed by atoms with van der Waals surface area (Å²) in [4.78, 5) is 24.3. The Morgan fingerprint density at radius 2 is 1.39 bits per heavy atom. The number of pyridine rings is 2. The number of thiazole rings is 1. The van der Waals surface area contributed by atoms with Crippen molar-refractivity contribution in [1.82, 2.24) is 15.0 Å². The summed E-state index contributed by atoms with van der Waals surface area (Å²) in [5.41, 5.74) is 17.5. The number of aromatic nitrogens is 3. The van der Waals surface area contributed by atoms with Crippen LogP contribution in [0.15, 0.2) is 60.0 Å². The van der Waals surface area contributed by atoms with E-state index in [4.69, 9.17) is 16.5 Å². The highest BCUT2D eigenvalue weighted by Gasteiger charge is 2.12. The van der Waals surface area contributed by atoms with Crippen LogP contribution in [0.3, 0.4) is 0 Å². The number of non-ortho nitro benzene ring substituents is 1. The van der Waals surface area contributed by atoms with E-state index in [9.17, 15) is 10.1 Å². The van der Waals surface area contributed by atoms with E-state index >= 15 is 0 Å². The highest BCUT2D eigenvalue weighted by atomic mass is 35.5. The van der Waals surface area contributed by atoms with Crippen LogP contribution in [0.25, 0.3) is 22.1 Å². The first-order valence-electron chi connectivity index (χ1n) is 9.61. The molecule has 0 saturated carbocycles. The third kappa shape index (κ3) is 8.79. The molecule has 0 radical (unpaired) electrons. The van der Waals surface area contributed by atoms with Crippen molar-refractivity contribution in [2.24, 2.45) is 11.5 Å². The van der Waals surface area contributed by atoms with Crippen LogP contribution >= 0.6 is 73.4 Å². The lowest BCUT2D eigenvalue weighted by molar-refractivity contribution is -0.384. The van der Waals surface area contributed by atoms with Crippen LogP contribution in [0.5, 0.6) is 0 Å². The predicted octanol–water partition coefficient (Wildman–Crippen LogP) is 5.79. The van der Waals surface area contributed by atoms with Crippen molar-refractivity contribution in [2.75, 3.05) is 0 Å². The van der Waals surface area contributed by atoms with Gasteiger partial charge in [0.1, 0.15) is 10.7 Å². The minimum Gasteiger partial charge on any atom is -0.325 e. The van der Waals surface area contributed by atoms with Gasteiger partial charge in [0.15, 0.2) is 0 Å². The molecule has 4 aromatic rings. The molecule has 0 aliphatic heterocycles. The van der Waals surface area contributed by atoms with E-state index in [1.807, 2.05) is 35.7 Å². The van der Waals surface area contributed by atoms with Gasteiger partial charge in [0.25, 0.3) is 5.69 Å². The lowest BCUT2D eigenvalue weighted by Gasteiger charge is -2.07. The molecule has 36 heavy (non-hydrogen) atoms. The second-order valence-electron chi connectivity index (χ2n) is 6.91. The number of hydrogen-bond acceptors (Lipinski definition) is 8. The molecule has 4 N–H and O–H groups in total. The third-order valence-corrected chi connectivity index (χ3v) is 5.57. The van der Waals surface area contributed by atoms with Crippen molar-refractivity contribution < 1.29 is 4.92 Å². The number of hydrogen-bond donors (Lipinski definition) is 2. The molecular weight excluding hydrogens is 590 g/mol. The van der Waals surface area contributed by atoms with Crippen LogP contribution in [-0.4, -0.2) is 19.9 Å². The highest BCUT2D eigenvalue weighted by molar-refractivity contribution is 7.13. The van der Waals surface area contributed by atoms with E-state index in [0.717, 1.165) is 44.6 Å². The minimum absolute atomic E-state index is 0. The zero-order valence-electron chi connectivity index (χ0n) is 18.6. The molecule has 4 rings (SSSR count). The van der Waals surface area contributed by atoms with Gasteiger partial charge in [-0.1, -0.05) is 18.2 Å². The summed E-state index contributed by atoms with van der Waals surface area (Å²) in [6.07, 6.45) is 0.610. The first-order valence-corrected chi connectivity index (χ1v) is 10.5. The second-order valence-corrected chi connectivity index (χ2v) is 7.77. The maximum Gasteiger partial charge on any atom is 0.269 e. The van der Waals surface area contributed by atoms with Crippen molar-refractivity contribution in [2.45, 2.75) is 19.5 Å². The fourth-order valence-corrected chi connectivity index (χ4v) is 3.96. The van der Waals surface area contributed by atoms with E-state index in [2.05, 4.69) is 9.97 Å². The molecular formula is C22H25Cl5N6O2S. The molecule has 3 aromatic heterocycles. The van der Waals surface area contributed by atoms with Crippen molar-refractivity contribution in [1.29, 1.82) is 0 Å². The van der Waals surface area contributed by atoms with Gasteiger partial charge in [-0.2, -0.15) is 0 Å². The molecule has 14 heteroatoms. The van der Waals surface area contributed by atoms with Gasteiger partial charge in [0.2, 0.25) is 0 Å². The standard InChI is InChI=1S/C22H20N6O2S.5ClH/c23-11-16-2-1-3-19(25-16)21-13-31-22(27-21)20-10-15(9-17(12-24)26-20)8-14-4-6-18(7-5-14)28(29)30;;;;;/h1-7,9-10,13H,8,11-12,23-24H2;5*1H. The topological polar surface area (TPSA) is 134 Å². The normalized spacial score (nSPS) is 9.39. The van der Waals surface area contributed by atoms with Crippen molar-refractivity contribution >= 4 is 79.1 Å². The van der Waals surface area contributed by atoms with Crippen LogP contribution in [0.4, 0.5) is 5.69 Å². The Bertz CT molecular complexity index is 1240. The summed E-state index contributed by atoms with van der Waals surface area (Å²) in [6.45, 7) is 0.677. The van der Waals surface area contributed by atoms with Gasteiger partial charge in [0.05, 0.1) is 27.7 Å². The van der Waals surface area contributed by atoms with Gasteiger partial charge in [0, 0.05) is 30.6 Å². The molecule has 0 amide bonds. The Kier molecular flexibility index (Phi) is 16.7. The molecule has 0 atom stereocenters. The fraction of sp³-hybridized carbons (Fsp3) is 0.136. The molecule has 3 heterocycles. The molecule has 8 nitrogen and oxygen atoms in total. The van der Waals surface area contributed by atoms with Crippen molar-refractivity contribution in [3.8, 4) is 22.1 Å². The van der Waals surface area contributed by atoms with E-state index in [0.29, 0.717) is 19.5 Å². The highest BCUT2D eigenvalue weighted by Crippen LogP contribution is 2.28. The van der Waals surface area contributed by atoms with Crippen LogP contribution in [0, 0.1) is 10.1 Å². The Labute approximate surface area is 243 Å². The smallest absolute Gasteiger partial charge is 0.269 e. The molecule has 0 unspecified atom stereocenters. The summed E-state index contributed by atoms with van der Waals surface area (Å²) in [5.74, 6) is 0. The van der Waals surface area contributed by atoms with Crippen LogP contribution in [0.2, 0.25) is 0 Å². The predicted molar refractivity (Wildman–Crippen MR) is 157 cm³/mol. The first-order chi connectivity index (χ1) is 15.1. The van der Waals surface area contributed by atoms with Gasteiger partial charge in [-0.05, 0) is 41.8 Å². The summed E-state index contributed by atoms with van der Waals surface area (Å²) >= 11 is 1.49. The largest absolute Gasteiger partial charge is 0.325 e. The molecule has 0 spiro atoms. The quantitative estimate of drug-likeness (QED) is 0.199. The minimum atomic E-state index is -0.404. The summed E-state index contributed by atoms with van der Waals surface area (Å²) in [6, 6.07) is 16.2. The van der Waals surface area contributed by atoms with E-state index < -0.39 is 4.92 Å². The zero-order chi connectivity index (χ0) is 21.8. The summed E-state index contributed by atoms with van der Waals surface area (Å²) in [7, 11) is 0. The average molecular weight is 615 g/mol. The average Bonchev–Trinajstić information content (AvgIpc) is 3.30. The van der Waals surface area contributed by atoms with Crippen LogP contribution in [-0.2, 0) is 19.5 Å². The third-order valence-electron chi connectivity index (χ3n) is 4.70. The SMILES string of the molecule is Cl.Cl.Cl.Cl.Cl.NCc1cccc(-c2csc(-c3cc(Cc4ccc([N+](=O)[O-])cc4)cc(CN)n3)n2)n1. The second kappa shape index (κ2) is 16.6. The summed E-state index contributed by atoms with van der Waals surface area (Å²) < 4.78 is 0. The molecule has 196 valence electrons. The summed E-state index contributed by atoms with van der Waals surface area (Å²) in [5, 5.41) is 13.6.